The van der Waals surface area contributed by atoms with Gasteiger partial charge in [-0.05, 0) is 38.1 Å². The SMILES string of the molecule is CNC1CC2(C1)CN(C1CC1)C2. The Morgan fingerprint density at radius 1 is 1.25 bits per heavy atom. The Morgan fingerprint density at radius 3 is 2.42 bits per heavy atom. The summed E-state index contributed by atoms with van der Waals surface area (Å²) in [6.07, 6.45) is 5.83. The van der Waals surface area contributed by atoms with Crippen molar-refractivity contribution in [3.05, 3.63) is 0 Å². The maximum atomic E-state index is 3.37. The van der Waals surface area contributed by atoms with Crippen molar-refractivity contribution >= 4 is 0 Å². The summed E-state index contributed by atoms with van der Waals surface area (Å²) in [6, 6.07) is 1.84. The average Bonchev–Trinajstić information content (AvgIpc) is 2.65. The molecule has 2 heteroatoms. The third-order valence-electron chi connectivity index (χ3n) is 3.91. The molecule has 2 aliphatic carbocycles. The van der Waals surface area contributed by atoms with Crippen LogP contribution in [0.3, 0.4) is 0 Å². The standard InChI is InChI=1S/C10H18N2/c1-11-8-4-10(5-8)6-12(7-10)9-2-3-9/h8-9,11H,2-7H2,1H3. The number of likely N-dealkylation sites (tertiary alicyclic amines) is 1. The van der Waals surface area contributed by atoms with Crippen molar-refractivity contribution in [1.82, 2.24) is 10.2 Å². The molecule has 1 aliphatic heterocycles. The first-order valence-corrected chi connectivity index (χ1v) is 5.23. The van der Waals surface area contributed by atoms with Gasteiger partial charge in [-0.25, -0.2) is 0 Å². The Labute approximate surface area is 74.3 Å². The number of nitrogens with one attached hydrogen (secondary N) is 1. The van der Waals surface area contributed by atoms with Gasteiger partial charge in [0.15, 0.2) is 0 Å². The van der Waals surface area contributed by atoms with Crippen molar-refractivity contribution in [3.63, 3.8) is 0 Å². The molecule has 0 atom stereocenters. The van der Waals surface area contributed by atoms with Crippen LogP contribution in [0.2, 0.25) is 0 Å². The minimum atomic E-state index is 0.774. The van der Waals surface area contributed by atoms with Gasteiger partial charge >= 0.3 is 0 Å². The second-order valence-electron chi connectivity index (χ2n) is 5.03. The van der Waals surface area contributed by atoms with E-state index in [1.165, 1.54) is 38.8 Å². The summed E-state index contributed by atoms with van der Waals surface area (Å²) in [5, 5.41) is 3.37. The van der Waals surface area contributed by atoms with Crippen molar-refractivity contribution in [2.75, 3.05) is 20.1 Å². The fraction of sp³-hybridized carbons (Fsp3) is 1.00. The Hall–Kier alpha value is -0.0800. The molecular weight excluding hydrogens is 148 g/mol. The van der Waals surface area contributed by atoms with E-state index in [9.17, 15) is 0 Å². The lowest BCUT2D eigenvalue weighted by Gasteiger charge is -2.59. The summed E-state index contributed by atoms with van der Waals surface area (Å²) < 4.78 is 0. The molecule has 0 bridgehead atoms. The van der Waals surface area contributed by atoms with Crippen LogP contribution in [0.15, 0.2) is 0 Å². The predicted molar refractivity (Wildman–Crippen MR) is 49.1 cm³/mol. The van der Waals surface area contributed by atoms with E-state index in [0.717, 1.165) is 17.5 Å². The minimum absolute atomic E-state index is 0.774. The van der Waals surface area contributed by atoms with E-state index in [4.69, 9.17) is 0 Å². The molecule has 1 saturated heterocycles. The minimum Gasteiger partial charge on any atom is -0.317 e. The Morgan fingerprint density at radius 2 is 1.92 bits per heavy atom. The lowest BCUT2D eigenvalue weighted by Crippen LogP contribution is -2.66. The first-order valence-electron chi connectivity index (χ1n) is 5.23. The number of rotatable bonds is 2. The number of nitrogens with zero attached hydrogens (tertiary/aromatic N) is 1. The van der Waals surface area contributed by atoms with Crippen LogP contribution in [-0.2, 0) is 0 Å². The van der Waals surface area contributed by atoms with E-state index in [0.29, 0.717) is 0 Å². The van der Waals surface area contributed by atoms with Crippen LogP contribution in [-0.4, -0.2) is 37.1 Å². The largest absolute Gasteiger partial charge is 0.317 e. The highest BCUT2D eigenvalue weighted by Gasteiger charge is 2.54. The van der Waals surface area contributed by atoms with Gasteiger partial charge in [-0.15, -0.1) is 0 Å². The molecule has 0 aromatic rings. The lowest BCUT2D eigenvalue weighted by molar-refractivity contribution is -0.0815. The molecule has 0 amide bonds. The van der Waals surface area contributed by atoms with Crippen molar-refractivity contribution in [2.24, 2.45) is 5.41 Å². The molecule has 3 fully saturated rings. The van der Waals surface area contributed by atoms with Crippen molar-refractivity contribution < 1.29 is 0 Å². The zero-order valence-electron chi connectivity index (χ0n) is 7.84. The summed E-state index contributed by atoms with van der Waals surface area (Å²) in [5.41, 5.74) is 0.774. The molecule has 2 nitrogen and oxygen atoms in total. The monoisotopic (exact) mass is 166 g/mol. The summed E-state index contributed by atoms with van der Waals surface area (Å²) >= 11 is 0. The molecule has 0 aromatic carbocycles. The van der Waals surface area contributed by atoms with Crippen LogP contribution >= 0.6 is 0 Å². The molecule has 1 N–H and O–H groups in total. The maximum absolute atomic E-state index is 3.37. The van der Waals surface area contributed by atoms with E-state index in [1.807, 2.05) is 0 Å². The fourth-order valence-corrected chi connectivity index (χ4v) is 2.96. The first kappa shape index (κ1) is 7.34. The van der Waals surface area contributed by atoms with Gasteiger partial charge in [0.05, 0.1) is 0 Å². The third kappa shape index (κ3) is 0.944. The van der Waals surface area contributed by atoms with Crippen molar-refractivity contribution in [3.8, 4) is 0 Å². The van der Waals surface area contributed by atoms with Gasteiger partial charge in [0, 0.05) is 25.2 Å². The Balaban J connectivity index is 1.50. The summed E-state index contributed by atoms with van der Waals surface area (Å²) in [7, 11) is 2.09. The topological polar surface area (TPSA) is 15.3 Å². The van der Waals surface area contributed by atoms with E-state index < -0.39 is 0 Å². The normalized spacial score (nSPS) is 34.8. The fourth-order valence-electron chi connectivity index (χ4n) is 2.96. The summed E-state index contributed by atoms with van der Waals surface area (Å²) in [6.45, 7) is 2.83. The molecule has 68 valence electrons. The van der Waals surface area contributed by atoms with Gasteiger partial charge in [-0.1, -0.05) is 0 Å². The van der Waals surface area contributed by atoms with Crippen LogP contribution in [0.25, 0.3) is 0 Å². The number of hydrogen-bond acceptors (Lipinski definition) is 2. The zero-order chi connectivity index (χ0) is 8.18. The van der Waals surface area contributed by atoms with E-state index in [2.05, 4.69) is 17.3 Å². The van der Waals surface area contributed by atoms with E-state index in [1.54, 1.807) is 0 Å². The molecule has 1 heterocycles. The number of hydrogen-bond donors (Lipinski definition) is 1. The molecule has 0 radical (unpaired) electrons. The maximum Gasteiger partial charge on any atom is 0.00969 e. The third-order valence-corrected chi connectivity index (χ3v) is 3.91. The molecule has 3 rings (SSSR count). The highest BCUT2D eigenvalue weighted by Crippen LogP contribution is 2.51. The zero-order valence-corrected chi connectivity index (χ0v) is 7.84. The van der Waals surface area contributed by atoms with Crippen LogP contribution in [0, 0.1) is 5.41 Å². The smallest absolute Gasteiger partial charge is 0.00969 e. The highest BCUT2D eigenvalue weighted by molar-refractivity contribution is 5.09. The van der Waals surface area contributed by atoms with Gasteiger partial charge in [0.1, 0.15) is 0 Å². The van der Waals surface area contributed by atoms with Gasteiger partial charge in [-0.2, -0.15) is 0 Å². The summed E-state index contributed by atoms with van der Waals surface area (Å²) in [5.74, 6) is 0. The predicted octanol–water partition coefficient (Wildman–Crippen LogP) is 0.833. The lowest BCUT2D eigenvalue weighted by atomic mass is 9.60. The van der Waals surface area contributed by atoms with Crippen LogP contribution < -0.4 is 5.32 Å². The van der Waals surface area contributed by atoms with Crippen LogP contribution in [0.5, 0.6) is 0 Å². The molecule has 12 heavy (non-hydrogen) atoms. The van der Waals surface area contributed by atoms with Gasteiger partial charge < -0.3 is 5.32 Å². The molecule has 3 aliphatic rings. The second-order valence-corrected chi connectivity index (χ2v) is 5.03. The molecule has 1 spiro atoms. The molecule has 2 saturated carbocycles. The first-order chi connectivity index (χ1) is 5.81. The summed E-state index contributed by atoms with van der Waals surface area (Å²) in [4.78, 5) is 2.69. The van der Waals surface area contributed by atoms with Crippen LogP contribution in [0.4, 0.5) is 0 Å². The van der Waals surface area contributed by atoms with Crippen molar-refractivity contribution in [1.29, 1.82) is 0 Å². The van der Waals surface area contributed by atoms with Crippen LogP contribution in [0.1, 0.15) is 25.7 Å². The van der Waals surface area contributed by atoms with Gasteiger partial charge in [0.25, 0.3) is 0 Å². The quantitative estimate of drug-likeness (QED) is 0.654. The van der Waals surface area contributed by atoms with Gasteiger partial charge in [0.2, 0.25) is 0 Å². The Kier molecular flexibility index (Phi) is 1.37. The van der Waals surface area contributed by atoms with E-state index in [-0.39, 0.29) is 0 Å². The second kappa shape index (κ2) is 2.24. The van der Waals surface area contributed by atoms with Crippen molar-refractivity contribution in [2.45, 2.75) is 37.8 Å². The molecule has 0 aromatic heterocycles. The van der Waals surface area contributed by atoms with Gasteiger partial charge in [-0.3, -0.25) is 4.90 Å². The molecular formula is C10H18N2. The highest BCUT2D eigenvalue weighted by atomic mass is 15.3. The van der Waals surface area contributed by atoms with E-state index >= 15 is 0 Å². The molecule has 0 unspecified atom stereocenters. The Bertz CT molecular complexity index is 184. The average molecular weight is 166 g/mol.